The van der Waals surface area contributed by atoms with Gasteiger partial charge < -0.3 is 15.4 Å². The minimum absolute atomic E-state index is 0.134. The van der Waals surface area contributed by atoms with Gasteiger partial charge in [-0.05, 0) is 81.7 Å². The van der Waals surface area contributed by atoms with E-state index < -0.39 is 6.04 Å². The van der Waals surface area contributed by atoms with Crippen molar-refractivity contribution in [3.05, 3.63) is 34.2 Å². The highest BCUT2D eigenvalue weighted by Gasteiger charge is 2.24. The van der Waals surface area contributed by atoms with Gasteiger partial charge in [0.1, 0.15) is 6.29 Å². The van der Waals surface area contributed by atoms with Crippen LogP contribution < -0.4 is 16.3 Å². The molecule has 0 spiro atoms. The molecule has 4 rings (SSSR count). The standard InChI is InChI=1S/C27H41N5O3/c1-28-25(34)9-8-23(19-33)32-24-5-3-4-22(26(24)30(2)27(32)35)18-31-16-12-21(13-17-31)7-6-20-10-14-29-15-11-20/h3-5,19-21,23,29H,6-18H2,1-2H3,(H,28,34). The van der Waals surface area contributed by atoms with Gasteiger partial charge in [0.05, 0.1) is 17.1 Å². The molecule has 3 heterocycles. The summed E-state index contributed by atoms with van der Waals surface area (Å²) in [4.78, 5) is 39.2. The number of fused-ring (bicyclic) bond motifs is 1. The lowest BCUT2D eigenvalue weighted by Crippen LogP contribution is -2.34. The molecule has 0 saturated carbocycles. The lowest BCUT2D eigenvalue weighted by molar-refractivity contribution is -0.121. The first-order chi connectivity index (χ1) is 17.0. The molecule has 192 valence electrons. The fraction of sp³-hybridized carbons (Fsp3) is 0.667. The normalized spacial score (nSPS) is 19.1. The van der Waals surface area contributed by atoms with Gasteiger partial charge in [-0.15, -0.1) is 0 Å². The van der Waals surface area contributed by atoms with Gasteiger partial charge in [-0.25, -0.2) is 4.79 Å². The maximum Gasteiger partial charge on any atom is 0.329 e. The van der Waals surface area contributed by atoms with Crippen LogP contribution in [0.15, 0.2) is 23.0 Å². The number of para-hydroxylation sites is 1. The third-order valence-electron chi connectivity index (χ3n) is 8.16. The summed E-state index contributed by atoms with van der Waals surface area (Å²) in [5, 5.41) is 6.04. The van der Waals surface area contributed by atoms with E-state index >= 15 is 0 Å². The number of imidazole rings is 1. The molecule has 1 aromatic heterocycles. The van der Waals surface area contributed by atoms with Crippen LogP contribution >= 0.6 is 0 Å². The zero-order valence-corrected chi connectivity index (χ0v) is 21.3. The van der Waals surface area contributed by atoms with E-state index in [1.807, 2.05) is 12.1 Å². The Morgan fingerprint density at radius 3 is 2.49 bits per heavy atom. The van der Waals surface area contributed by atoms with Crippen LogP contribution in [0.2, 0.25) is 0 Å². The predicted octanol–water partition coefficient (Wildman–Crippen LogP) is 2.60. The largest absolute Gasteiger partial charge is 0.359 e. The lowest BCUT2D eigenvalue weighted by atomic mass is 9.85. The van der Waals surface area contributed by atoms with Crippen molar-refractivity contribution in [2.24, 2.45) is 18.9 Å². The first-order valence-electron chi connectivity index (χ1n) is 13.3. The zero-order valence-electron chi connectivity index (χ0n) is 21.3. The van der Waals surface area contributed by atoms with Gasteiger partial charge in [-0.3, -0.25) is 18.8 Å². The van der Waals surface area contributed by atoms with Crippen molar-refractivity contribution in [1.29, 1.82) is 0 Å². The van der Waals surface area contributed by atoms with Crippen LogP contribution in [0, 0.1) is 11.8 Å². The van der Waals surface area contributed by atoms with Gasteiger partial charge in [0.2, 0.25) is 5.91 Å². The van der Waals surface area contributed by atoms with E-state index in [4.69, 9.17) is 0 Å². The van der Waals surface area contributed by atoms with Crippen molar-refractivity contribution >= 4 is 23.2 Å². The smallest absolute Gasteiger partial charge is 0.329 e. The molecule has 1 amide bonds. The van der Waals surface area contributed by atoms with Gasteiger partial charge in [0, 0.05) is 27.1 Å². The Bertz CT molecular complexity index is 1060. The Balaban J connectivity index is 1.42. The SMILES string of the molecule is CNC(=O)CCC(C=O)n1c(=O)n(C)c2c(CN3CCC(CCC4CCNCC4)CC3)cccc21. The third-order valence-corrected chi connectivity index (χ3v) is 8.16. The number of piperidine rings is 2. The Morgan fingerprint density at radius 1 is 1.14 bits per heavy atom. The summed E-state index contributed by atoms with van der Waals surface area (Å²) in [5.74, 6) is 1.60. The van der Waals surface area contributed by atoms with E-state index in [9.17, 15) is 14.4 Å². The highest BCUT2D eigenvalue weighted by Crippen LogP contribution is 2.29. The van der Waals surface area contributed by atoms with Crippen molar-refractivity contribution in [3.63, 3.8) is 0 Å². The Morgan fingerprint density at radius 2 is 1.83 bits per heavy atom. The van der Waals surface area contributed by atoms with E-state index in [2.05, 4.69) is 21.6 Å². The fourth-order valence-corrected chi connectivity index (χ4v) is 5.95. The molecular weight excluding hydrogens is 442 g/mol. The highest BCUT2D eigenvalue weighted by molar-refractivity contribution is 5.81. The molecule has 2 fully saturated rings. The summed E-state index contributed by atoms with van der Waals surface area (Å²) in [7, 11) is 3.35. The van der Waals surface area contributed by atoms with Crippen LogP contribution in [0.4, 0.5) is 0 Å². The van der Waals surface area contributed by atoms with Gasteiger partial charge in [0.15, 0.2) is 0 Å². The summed E-state index contributed by atoms with van der Waals surface area (Å²) in [6, 6.07) is 5.31. The Hall–Kier alpha value is -2.45. The molecule has 1 unspecified atom stereocenters. The van der Waals surface area contributed by atoms with Gasteiger partial charge in [-0.1, -0.05) is 25.0 Å². The van der Waals surface area contributed by atoms with E-state index in [0.29, 0.717) is 6.42 Å². The van der Waals surface area contributed by atoms with Crippen molar-refractivity contribution in [2.75, 3.05) is 33.2 Å². The van der Waals surface area contributed by atoms with Crippen molar-refractivity contribution < 1.29 is 9.59 Å². The van der Waals surface area contributed by atoms with Crippen LogP contribution in [0.25, 0.3) is 11.0 Å². The molecule has 2 aliphatic rings. The first kappa shape index (κ1) is 25.6. The Kier molecular flexibility index (Phi) is 8.78. The number of aromatic nitrogens is 2. The maximum absolute atomic E-state index is 13.1. The molecule has 2 aliphatic heterocycles. The summed E-state index contributed by atoms with van der Waals surface area (Å²) in [6.45, 7) is 5.34. The molecule has 2 aromatic rings. The number of likely N-dealkylation sites (tertiary alicyclic amines) is 1. The molecular formula is C27H41N5O3. The Labute approximate surface area is 208 Å². The second kappa shape index (κ2) is 12.0. The molecule has 2 saturated heterocycles. The maximum atomic E-state index is 13.1. The minimum Gasteiger partial charge on any atom is -0.359 e. The quantitative estimate of drug-likeness (QED) is 0.507. The first-order valence-corrected chi connectivity index (χ1v) is 13.3. The molecule has 35 heavy (non-hydrogen) atoms. The van der Waals surface area contributed by atoms with Crippen molar-refractivity contribution in [1.82, 2.24) is 24.7 Å². The van der Waals surface area contributed by atoms with Crippen molar-refractivity contribution in [2.45, 2.75) is 64.0 Å². The highest BCUT2D eigenvalue weighted by atomic mass is 16.2. The van der Waals surface area contributed by atoms with Crippen molar-refractivity contribution in [3.8, 4) is 0 Å². The number of benzene rings is 1. The van der Waals surface area contributed by atoms with Gasteiger partial charge >= 0.3 is 5.69 Å². The number of nitrogens with one attached hydrogen (secondary N) is 2. The average Bonchev–Trinajstić information content (AvgIpc) is 3.15. The minimum atomic E-state index is -0.658. The molecule has 8 heteroatoms. The summed E-state index contributed by atoms with van der Waals surface area (Å²) in [5.41, 5.74) is 2.56. The molecule has 8 nitrogen and oxygen atoms in total. The number of hydrogen-bond acceptors (Lipinski definition) is 5. The second-order valence-electron chi connectivity index (χ2n) is 10.4. The average molecular weight is 484 g/mol. The molecule has 0 bridgehead atoms. The van der Waals surface area contributed by atoms with E-state index in [0.717, 1.165) is 54.4 Å². The van der Waals surface area contributed by atoms with Crippen LogP contribution in [0.1, 0.15) is 63.0 Å². The van der Waals surface area contributed by atoms with Crippen LogP contribution in [0.3, 0.4) is 0 Å². The molecule has 1 aromatic carbocycles. The number of aryl methyl sites for hydroxylation is 1. The van der Waals surface area contributed by atoms with E-state index in [1.54, 1.807) is 23.2 Å². The number of carbonyl (C=O) groups is 2. The second-order valence-corrected chi connectivity index (χ2v) is 10.4. The topological polar surface area (TPSA) is 88.4 Å². The van der Waals surface area contributed by atoms with Crippen LogP contribution in [-0.4, -0.2) is 59.5 Å². The molecule has 0 radical (unpaired) electrons. The number of hydrogen-bond donors (Lipinski definition) is 2. The summed E-state index contributed by atoms with van der Waals surface area (Å²) >= 11 is 0. The van der Waals surface area contributed by atoms with E-state index in [-0.39, 0.29) is 18.0 Å². The third kappa shape index (κ3) is 6.04. The van der Waals surface area contributed by atoms with Crippen LogP contribution in [-0.2, 0) is 23.2 Å². The number of amides is 1. The lowest BCUT2D eigenvalue weighted by Gasteiger charge is -2.33. The predicted molar refractivity (Wildman–Crippen MR) is 138 cm³/mol. The fourth-order valence-electron chi connectivity index (χ4n) is 5.95. The number of nitrogens with zero attached hydrogens (tertiary/aromatic N) is 3. The number of rotatable bonds is 10. The number of carbonyl (C=O) groups excluding carboxylic acids is 2. The number of aldehydes is 1. The zero-order chi connectivity index (χ0) is 24.8. The molecule has 1 atom stereocenters. The molecule has 2 N–H and O–H groups in total. The van der Waals surface area contributed by atoms with Gasteiger partial charge in [0.25, 0.3) is 0 Å². The van der Waals surface area contributed by atoms with Crippen LogP contribution in [0.5, 0.6) is 0 Å². The molecule has 0 aliphatic carbocycles. The summed E-state index contributed by atoms with van der Waals surface area (Å²) < 4.78 is 3.22. The summed E-state index contributed by atoms with van der Waals surface area (Å²) in [6.07, 6.45) is 9.17. The van der Waals surface area contributed by atoms with E-state index in [1.165, 1.54) is 51.6 Å². The van der Waals surface area contributed by atoms with Gasteiger partial charge in [-0.2, -0.15) is 0 Å². The monoisotopic (exact) mass is 483 g/mol.